The van der Waals surface area contributed by atoms with Crippen LogP contribution in [0.25, 0.3) is 0 Å². The predicted octanol–water partition coefficient (Wildman–Crippen LogP) is 1.04. The first-order chi connectivity index (χ1) is 9.82. The molecule has 3 aliphatic heterocycles. The molecule has 4 nitrogen and oxygen atoms in total. The van der Waals surface area contributed by atoms with Gasteiger partial charge in [-0.25, -0.2) is 0 Å². The lowest BCUT2D eigenvalue weighted by atomic mass is 9.76. The van der Waals surface area contributed by atoms with Crippen LogP contribution in [0.15, 0.2) is 23.9 Å². The molecule has 0 amide bonds. The zero-order valence-corrected chi connectivity index (χ0v) is 12.2. The van der Waals surface area contributed by atoms with Crippen LogP contribution < -0.4 is 16.0 Å². The fraction of sp³-hybridized carbons (Fsp3) is 0.750. The fourth-order valence-corrected chi connectivity index (χ4v) is 3.81. The number of hydrogen-bond donors (Lipinski definition) is 4. The number of piperidine rings is 2. The molecule has 3 heterocycles. The molecule has 0 aromatic carbocycles. The van der Waals surface area contributed by atoms with Crippen molar-refractivity contribution in [1.82, 2.24) is 16.0 Å². The maximum Gasteiger partial charge on any atom is 0.134 e. The topological polar surface area (TPSA) is 56.3 Å². The summed E-state index contributed by atoms with van der Waals surface area (Å²) in [6.45, 7) is 2.85. The van der Waals surface area contributed by atoms with Crippen molar-refractivity contribution < 1.29 is 5.11 Å². The third-order valence-electron chi connectivity index (χ3n) is 4.92. The van der Waals surface area contributed by atoms with Gasteiger partial charge in [-0.3, -0.25) is 0 Å². The maximum atomic E-state index is 11.6. The Balaban J connectivity index is 1.87. The average Bonchev–Trinajstić information content (AvgIpc) is 2.56. The Bertz CT molecular complexity index is 361. The van der Waals surface area contributed by atoms with Crippen LogP contribution in [0.3, 0.4) is 0 Å². The van der Waals surface area contributed by atoms with Crippen molar-refractivity contribution in [2.75, 3.05) is 19.6 Å². The summed E-state index contributed by atoms with van der Waals surface area (Å²) in [6, 6.07) is 0.300. The highest BCUT2D eigenvalue weighted by atomic mass is 16.3. The lowest BCUT2D eigenvalue weighted by molar-refractivity contribution is -0.0203. The van der Waals surface area contributed by atoms with Gasteiger partial charge < -0.3 is 21.1 Å². The molecule has 2 atom stereocenters. The zero-order chi connectivity index (χ0) is 13.8. The van der Waals surface area contributed by atoms with Crippen LogP contribution in [-0.2, 0) is 0 Å². The smallest absolute Gasteiger partial charge is 0.134 e. The van der Waals surface area contributed by atoms with E-state index in [1.165, 1.54) is 25.7 Å². The van der Waals surface area contributed by atoms with Gasteiger partial charge in [-0.1, -0.05) is 25.0 Å². The van der Waals surface area contributed by atoms with Gasteiger partial charge in [0.25, 0.3) is 0 Å². The van der Waals surface area contributed by atoms with Crippen LogP contribution in [0.1, 0.15) is 38.5 Å². The summed E-state index contributed by atoms with van der Waals surface area (Å²) in [7, 11) is 0. The molecule has 3 aliphatic rings. The van der Waals surface area contributed by atoms with Crippen LogP contribution in [0, 0.1) is 0 Å². The molecule has 4 heteroatoms. The minimum Gasteiger partial charge on any atom is -0.382 e. The number of dihydropyridines is 1. The largest absolute Gasteiger partial charge is 0.382 e. The van der Waals surface area contributed by atoms with Gasteiger partial charge in [0.05, 0.1) is 0 Å². The van der Waals surface area contributed by atoms with Gasteiger partial charge in [0.2, 0.25) is 0 Å². The summed E-state index contributed by atoms with van der Waals surface area (Å²) < 4.78 is 0. The first kappa shape index (κ1) is 14.1. The highest BCUT2D eigenvalue weighted by Crippen LogP contribution is 2.33. The Morgan fingerprint density at radius 1 is 1.00 bits per heavy atom. The van der Waals surface area contributed by atoms with Gasteiger partial charge >= 0.3 is 0 Å². The minimum atomic E-state index is -0.814. The van der Waals surface area contributed by atoms with Crippen molar-refractivity contribution in [3.8, 4) is 0 Å². The van der Waals surface area contributed by atoms with Crippen LogP contribution in [0.2, 0.25) is 0 Å². The quantitative estimate of drug-likeness (QED) is 0.623. The second-order valence-corrected chi connectivity index (χ2v) is 6.22. The van der Waals surface area contributed by atoms with E-state index in [-0.39, 0.29) is 12.1 Å². The summed E-state index contributed by atoms with van der Waals surface area (Å²) in [5.74, 6) is 0. The number of hydrogen-bond acceptors (Lipinski definition) is 4. The second kappa shape index (κ2) is 6.29. The molecule has 0 aromatic rings. The normalized spacial score (nSPS) is 34.0. The van der Waals surface area contributed by atoms with E-state index >= 15 is 0 Å². The van der Waals surface area contributed by atoms with E-state index in [0.29, 0.717) is 0 Å². The van der Waals surface area contributed by atoms with Gasteiger partial charge in [0, 0.05) is 24.3 Å². The molecular weight excluding hydrogens is 250 g/mol. The summed E-state index contributed by atoms with van der Waals surface area (Å²) >= 11 is 0. The Labute approximate surface area is 121 Å². The van der Waals surface area contributed by atoms with E-state index in [1.807, 2.05) is 0 Å². The molecule has 0 aliphatic carbocycles. The van der Waals surface area contributed by atoms with Crippen LogP contribution in [0.4, 0.5) is 0 Å². The molecule has 0 radical (unpaired) electrons. The van der Waals surface area contributed by atoms with E-state index in [0.717, 1.165) is 38.2 Å². The molecule has 2 unspecified atom stereocenters. The van der Waals surface area contributed by atoms with Crippen molar-refractivity contribution in [2.45, 2.75) is 56.2 Å². The van der Waals surface area contributed by atoms with Gasteiger partial charge in [-0.15, -0.1) is 0 Å². The summed E-state index contributed by atoms with van der Waals surface area (Å²) in [4.78, 5) is 0. The maximum absolute atomic E-state index is 11.6. The summed E-state index contributed by atoms with van der Waals surface area (Å²) in [6.07, 6.45) is 13.2. The van der Waals surface area contributed by atoms with E-state index in [2.05, 4.69) is 34.2 Å². The van der Waals surface area contributed by atoms with E-state index in [9.17, 15) is 5.11 Å². The molecule has 2 saturated heterocycles. The first-order valence-electron chi connectivity index (χ1n) is 8.12. The van der Waals surface area contributed by atoms with Crippen molar-refractivity contribution >= 4 is 0 Å². The fourth-order valence-electron chi connectivity index (χ4n) is 3.81. The van der Waals surface area contributed by atoms with Crippen LogP contribution >= 0.6 is 0 Å². The molecule has 0 saturated carbocycles. The monoisotopic (exact) mass is 277 g/mol. The molecule has 2 fully saturated rings. The third-order valence-corrected chi connectivity index (χ3v) is 4.92. The number of rotatable bonds is 3. The lowest BCUT2D eigenvalue weighted by Crippen LogP contribution is -2.66. The zero-order valence-electron chi connectivity index (χ0n) is 12.2. The molecule has 4 N–H and O–H groups in total. The van der Waals surface area contributed by atoms with Crippen LogP contribution in [-0.4, -0.2) is 42.4 Å². The number of aliphatic hydroxyl groups is 1. The van der Waals surface area contributed by atoms with Gasteiger partial charge in [-0.2, -0.15) is 0 Å². The Kier molecular flexibility index (Phi) is 4.44. The minimum absolute atomic E-state index is 0.150. The SMILES string of the molecule is OC(C1=CC=CCN1)(C1CCCCN1)C1CCCCN1. The predicted molar refractivity (Wildman–Crippen MR) is 81.5 cm³/mol. The van der Waals surface area contributed by atoms with E-state index in [4.69, 9.17) is 0 Å². The number of nitrogens with one attached hydrogen (secondary N) is 3. The highest BCUT2D eigenvalue weighted by Gasteiger charge is 2.47. The van der Waals surface area contributed by atoms with Gasteiger partial charge in [-0.05, 0) is 44.8 Å². The van der Waals surface area contributed by atoms with Crippen molar-refractivity contribution in [3.63, 3.8) is 0 Å². The molecule has 0 aromatic heterocycles. The second-order valence-electron chi connectivity index (χ2n) is 6.22. The van der Waals surface area contributed by atoms with E-state index in [1.54, 1.807) is 0 Å². The van der Waals surface area contributed by atoms with Crippen molar-refractivity contribution in [2.24, 2.45) is 0 Å². The number of allylic oxidation sites excluding steroid dienone is 2. The summed E-state index contributed by atoms with van der Waals surface area (Å²) in [5, 5.41) is 22.1. The molecule has 20 heavy (non-hydrogen) atoms. The van der Waals surface area contributed by atoms with Crippen LogP contribution in [0.5, 0.6) is 0 Å². The Morgan fingerprint density at radius 3 is 2.10 bits per heavy atom. The lowest BCUT2D eigenvalue weighted by Gasteiger charge is -2.47. The highest BCUT2D eigenvalue weighted by molar-refractivity contribution is 5.30. The standard InChI is InChI=1S/C16H27N3O/c20-16(13-7-1-4-10-17-13,14-8-2-5-11-18-14)15-9-3-6-12-19-15/h1,4,7,14-15,17-20H,2-3,5-6,8-12H2. The molecule has 3 rings (SSSR count). The summed E-state index contributed by atoms with van der Waals surface area (Å²) in [5.41, 5.74) is 0.171. The van der Waals surface area contributed by atoms with Gasteiger partial charge in [0.15, 0.2) is 0 Å². The Hall–Kier alpha value is -0.840. The van der Waals surface area contributed by atoms with E-state index < -0.39 is 5.60 Å². The molecule has 112 valence electrons. The van der Waals surface area contributed by atoms with Crippen molar-refractivity contribution in [1.29, 1.82) is 0 Å². The molecule has 0 spiro atoms. The third kappa shape index (κ3) is 2.65. The Morgan fingerprint density at radius 2 is 1.65 bits per heavy atom. The molecular formula is C16H27N3O. The van der Waals surface area contributed by atoms with Crippen molar-refractivity contribution in [3.05, 3.63) is 23.9 Å². The average molecular weight is 277 g/mol. The van der Waals surface area contributed by atoms with Gasteiger partial charge in [0.1, 0.15) is 5.60 Å². The molecule has 0 bridgehead atoms. The first-order valence-corrected chi connectivity index (χ1v) is 8.12.